The molecule has 0 saturated carbocycles. The molecule has 0 unspecified atom stereocenters. The lowest BCUT2D eigenvalue weighted by Crippen LogP contribution is -2.13. The highest BCUT2D eigenvalue weighted by Gasteiger charge is 2.11. The smallest absolute Gasteiger partial charge is 0.255 e. The van der Waals surface area contributed by atoms with Gasteiger partial charge in [0.05, 0.1) is 4.47 Å². The van der Waals surface area contributed by atoms with Crippen molar-refractivity contribution in [3.63, 3.8) is 0 Å². The van der Waals surface area contributed by atoms with Crippen molar-refractivity contribution in [2.45, 2.75) is 13.8 Å². The van der Waals surface area contributed by atoms with Crippen molar-refractivity contribution >= 4 is 43.5 Å². The highest BCUT2D eigenvalue weighted by Crippen LogP contribution is 2.25. The maximum Gasteiger partial charge on any atom is 0.255 e. The molecule has 104 valence electrons. The van der Waals surface area contributed by atoms with Crippen molar-refractivity contribution in [1.29, 1.82) is 0 Å². The molecule has 0 fully saturated rings. The second-order valence-corrected chi connectivity index (χ2v) is 6.21. The quantitative estimate of drug-likeness (QED) is 0.735. The molecule has 2 aromatic carbocycles. The summed E-state index contributed by atoms with van der Waals surface area (Å²) in [7, 11) is 0. The van der Waals surface area contributed by atoms with Crippen LogP contribution >= 0.6 is 31.9 Å². The van der Waals surface area contributed by atoms with Gasteiger partial charge >= 0.3 is 0 Å². The molecule has 1 amide bonds. The Kier molecular flexibility index (Phi) is 4.60. The lowest BCUT2D eigenvalue weighted by molar-refractivity contribution is 0.102. The zero-order chi connectivity index (χ0) is 14.9. The third-order valence-corrected chi connectivity index (χ3v) is 4.41. The zero-order valence-electron chi connectivity index (χ0n) is 10.9. The highest BCUT2D eigenvalue weighted by molar-refractivity contribution is 9.10. The number of aryl methyl sites for hydroxylation is 2. The summed E-state index contributed by atoms with van der Waals surface area (Å²) in [6, 6.07) is 8.28. The molecule has 2 rings (SSSR count). The van der Waals surface area contributed by atoms with Gasteiger partial charge in [0, 0.05) is 15.7 Å². The molecule has 1 N–H and O–H groups in total. The standard InChI is InChI=1S/C15H12Br2FNO/c1-8-3-4-10(6-11(8)16)15(20)19-14-7-13(18)12(17)5-9(14)2/h3-7H,1-2H3,(H,19,20). The minimum Gasteiger partial charge on any atom is -0.322 e. The molecule has 0 radical (unpaired) electrons. The van der Waals surface area contributed by atoms with E-state index in [1.54, 1.807) is 18.2 Å². The molecule has 0 aliphatic carbocycles. The lowest BCUT2D eigenvalue weighted by Gasteiger charge is -2.10. The first-order valence-corrected chi connectivity index (χ1v) is 7.50. The van der Waals surface area contributed by atoms with Crippen molar-refractivity contribution in [2.24, 2.45) is 0 Å². The van der Waals surface area contributed by atoms with Gasteiger partial charge in [0.15, 0.2) is 0 Å². The first kappa shape index (κ1) is 15.2. The molecule has 0 aliphatic rings. The first-order chi connectivity index (χ1) is 9.38. The topological polar surface area (TPSA) is 29.1 Å². The minimum absolute atomic E-state index is 0.268. The van der Waals surface area contributed by atoms with E-state index >= 15 is 0 Å². The number of amides is 1. The van der Waals surface area contributed by atoms with E-state index in [1.807, 2.05) is 19.9 Å². The van der Waals surface area contributed by atoms with Gasteiger partial charge in [0.2, 0.25) is 0 Å². The summed E-state index contributed by atoms with van der Waals surface area (Å²) in [5.41, 5.74) is 2.82. The average molecular weight is 401 g/mol. The molecular formula is C15H12Br2FNO. The Hall–Kier alpha value is -1.20. The van der Waals surface area contributed by atoms with Crippen LogP contribution in [0.5, 0.6) is 0 Å². The van der Waals surface area contributed by atoms with Crippen molar-refractivity contribution in [2.75, 3.05) is 5.32 Å². The van der Waals surface area contributed by atoms with E-state index in [1.165, 1.54) is 6.07 Å². The second kappa shape index (κ2) is 6.06. The van der Waals surface area contributed by atoms with Gasteiger partial charge in [-0.15, -0.1) is 0 Å². The summed E-state index contributed by atoms with van der Waals surface area (Å²) in [5, 5.41) is 2.72. The Balaban J connectivity index is 2.27. The third-order valence-electron chi connectivity index (χ3n) is 2.95. The number of rotatable bonds is 2. The van der Waals surface area contributed by atoms with Gasteiger partial charge in [-0.3, -0.25) is 4.79 Å². The molecule has 0 aliphatic heterocycles. The van der Waals surface area contributed by atoms with Gasteiger partial charge < -0.3 is 5.32 Å². The van der Waals surface area contributed by atoms with Crippen molar-refractivity contribution in [3.05, 3.63) is 61.8 Å². The number of nitrogens with one attached hydrogen (secondary N) is 1. The largest absolute Gasteiger partial charge is 0.322 e. The monoisotopic (exact) mass is 399 g/mol. The Bertz CT molecular complexity index is 686. The van der Waals surface area contributed by atoms with E-state index in [2.05, 4.69) is 37.2 Å². The summed E-state index contributed by atoms with van der Waals surface area (Å²) >= 11 is 6.50. The molecule has 0 spiro atoms. The van der Waals surface area contributed by atoms with Crippen LogP contribution in [0.25, 0.3) is 0 Å². The van der Waals surface area contributed by atoms with Crippen LogP contribution in [0, 0.1) is 19.7 Å². The van der Waals surface area contributed by atoms with Crippen LogP contribution in [0.3, 0.4) is 0 Å². The van der Waals surface area contributed by atoms with Crippen molar-refractivity contribution in [1.82, 2.24) is 0 Å². The molecule has 2 aromatic rings. The van der Waals surface area contributed by atoms with Gasteiger partial charge in [-0.1, -0.05) is 22.0 Å². The second-order valence-electron chi connectivity index (χ2n) is 4.50. The SMILES string of the molecule is Cc1ccc(C(=O)Nc2cc(F)c(Br)cc2C)cc1Br. The number of halogens is 3. The third kappa shape index (κ3) is 3.27. The lowest BCUT2D eigenvalue weighted by atomic mass is 10.1. The highest BCUT2D eigenvalue weighted by atomic mass is 79.9. The molecule has 0 aromatic heterocycles. The number of hydrogen-bond donors (Lipinski definition) is 1. The van der Waals surface area contributed by atoms with E-state index in [4.69, 9.17) is 0 Å². The van der Waals surface area contributed by atoms with Crippen LogP contribution < -0.4 is 5.32 Å². The summed E-state index contributed by atoms with van der Waals surface area (Å²) < 4.78 is 14.8. The summed E-state index contributed by atoms with van der Waals surface area (Å²) in [5.74, 6) is -0.675. The predicted molar refractivity (Wildman–Crippen MR) is 85.7 cm³/mol. The van der Waals surface area contributed by atoms with Crippen LogP contribution in [-0.4, -0.2) is 5.91 Å². The fourth-order valence-electron chi connectivity index (χ4n) is 1.71. The fourth-order valence-corrected chi connectivity index (χ4v) is 2.55. The molecule has 5 heteroatoms. The first-order valence-electron chi connectivity index (χ1n) is 5.91. The summed E-state index contributed by atoms with van der Waals surface area (Å²) in [6.07, 6.45) is 0. The molecule has 0 heterocycles. The molecule has 0 bridgehead atoms. The van der Waals surface area contributed by atoms with Crippen LogP contribution in [0.1, 0.15) is 21.5 Å². The minimum atomic E-state index is -0.406. The Labute approximate surface area is 133 Å². The van der Waals surface area contributed by atoms with Gasteiger partial charge in [-0.05, 0) is 65.2 Å². The maximum absolute atomic E-state index is 13.5. The number of hydrogen-bond acceptors (Lipinski definition) is 1. The number of carbonyl (C=O) groups is 1. The van der Waals surface area contributed by atoms with Gasteiger partial charge in [0.25, 0.3) is 5.91 Å². The molecule has 20 heavy (non-hydrogen) atoms. The normalized spacial score (nSPS) is 10.4. The van der Waals surface area contributed by atoms with Crippen LogP contribution in [0.15, 0.2) is 39.3 Å². The Morgan fingerprint density at radius 1 is 1.05 bits per heavy atom. The Morgan fingerprint density at radius 2 is 1.75 bits per heavy atom. The summed E-state index contributed by atoms with van der Waals surface area (Å²) in [4.78, 5) is 12.2. The number of anilines is 1. The molecule has 0 atom stereocenters. The van der Waals surface area contributed by atoms with E-state index in [9.17, 15) is 9.18 Å². The van der Waals surface area contributed by atoms with E-state index in [0.29, 0.717) is 15.7 Å². The molecular weight excluding hydrogens is 389 g/mol. The maximum atomic E-state index is 13.5. The predicted octanol–water partition coefficient (Wildman–Crippen LogP) is 5.22. The summed E-state index contributed by atoms with van der Waals surface area (Å²) in [6.45, 7) is 3.75. The number of carbonyl (C=O) groups excluding carboxylic acids is 1. The average Bonchev–Trinajstić information content (AvgIpc) is 2.39. The van der Waals surface area contributed by atoms with Crippen LogP contribution in [0.4, 0.5) is 10.1 Å². The van der Waals surface area contributed by atoms with E-state index in [-0.39, 0.29) is 5.91 Å². The van der Waals surface area contributed by atoms with Crippen LogP contribution in [-0.2, 0) is 0 Å². The van der Waals surface area contributed by atoms with Gasteiger partial charge in [-0.25, -0.2) is 4.39 Å². The van der Waals surface area contributed by atoms with E-state index in [0.717, 1.165) is 15.6 Å². The van der Waals surface area contributed by atoms with Crippen LogP contribution in [0.2, 0.25) is 0 Å². The zero-order valence-corrected chi connectivity index (χ0v) is 14.1. The van der Waals surface area contributed by atoms with Crippen molar-refractivity contribution < 1.29 is 9.18 Å². The number of benzene rings is 2. The van der Waals surface area contributed by atoms with Crippen molar-refractivity contribution in [3.8, 4) is 0 Å². The molecule has 2 nitrogen and oxygen atoms in total. The van der Waals surface area contributed by atoms with E-state index < -0.39 is 5.82 Å². The Morgan fingerprint density at radius 3 is 2.40 bits per heavy atom. The van der Waals surface area contributed by atoms with Gasteiger partial charge in [-0.2, -0.15) is 0 Å². The molecule has 0 saturated heterocycles. The fraction of sp³-hybridized carbons (Fsp3) is 0.133. The van der Waals surface area contributed by atoms with Gasteiger partial charge in [0.1, 0.15) is 5.82 Å².